The molecule has 2 aromatic rings. The molecule has 2 aromatic carbocycles. The van der Waals surface area contributed by atoms with Crippen LogP contribution in [0.15, 0.2) is 64.0 Å². The Hall–Kier alpha value is -1.63. The van der Waals surface area contributed by atoms with Crippen molar-refractivity contribution in [2.75, 3.05) is 5.32 Å². The summed E-state index contributed by atoms with van der Waals surface area (Å²) in [6.07, 6.45) is 5.34. The predicted octanol–water partition coefficient (Wildman–Crippen LogP) is 3.92. The van der Waals surface area contributed by atoms with Gasteiger partial charge in [0.15, 0.2) is 0 Å². The molecule has 0 saturated heterocycles. The lowest BCUT2D eigenvalue weighted by molar-refractivity contribution is 0.425. The Labute approximate surface area is 149 Å². The molecule has 1 heterocycles. The summed E-state index contributed by atoms with van der Waals surface area (Å²) in [5, 5.41) is 8.88. The van der Waals surface area contributed by atoms with Crippen LogP contribution in [0, 0.1) is 5.92 Å². The Bertz CT molecular complexity index is 923. The van der Waals surface area contributed by atoms with Crippen LogP contribution in [0.5, 0.6) is 0 Å². The molecule has 3 atom stereocenters. The first-order chi connectivity index (χ1) is 11.4. The van der Waals surface area contributed by atoms with E-state index in [1.165, 1.54) is 5.56 Å². The van der Waals surface area contributed by atoms with Crippen molar-refractivity contribution in [3.8, 4) is 0 Å². The molecule has 6 heteroatoms. The van der Waals surface area contributed by atoms with Gasteiger partial charge in [-0.1, -0.05) is 40.2 Å². The van der Waals surface area contributed by atoms with E-state index in [1.807, 2.05) is 18.2 Å². The van der Waals surface area contributed by atoms with Gasteiger partial charge in [-0.3, -0.25) is 0 Å². The minimum Gasteiger partial charge on any atom is -0.378 e. The van der Waals surface area contributed by atoms with Gasteiger partial charge in [-0.15, -0.1) is 0 Å². The van der Waals surface area contributed by atoms with E-state index < -0.39 is 10.0 Å². The lowest BCUT2D eigenvalue weighted by atomic mass is 9.77. The first kappa shape index (κ1) is 15.9. The van der Waals surface area contributed by atoms with Gasteiger partial charge >= 0.3 is 0 Å². The van der Waals surface area contributed by atoms with Crippen molar-refractivity contribution in [1.29, 1.82) is 0 Å². The number of anilines is 1. The highest BCUT2D eigenvalue weighted by Gasteiger charge is 2.38. The fourth-order valence-electron chi connectivity index (χ4n) is 3.75. The number of fused-ring (bicyclic) bond motifs is 3. The van der Waals surface area contributed by atoms with Gasteiger partial charge in [-0.25, -0.2) is 13.6 Å². The molecule has 1 aliphatic carbocycles. The molecule has 24 heavy (non-hydrogen) atoms. The number of halogens is 1. The highest BCUT2D eigenvalue weighted by atomic mass is 79.9. The lowest BCUT2D eigenvalue weighted by Gasteiger charge is -2.37. The van der Waals surface area contributed by atoms with Crippen molar-refractivity contribution < 1.29 is 8.42 Å². The smallest absolute Gasteiger partial charge is 0.238 e. The van der Waals surface area contributed by atoms with Crippen LogP contribution in [0.1, 0.15) is 29.5 Å². The molecule has 0 aromatic heterocycles. The summed E-state index contributed by atoms with van der Waals surface area (Å²) in [5.41, 5.74) is 3.22. The molecule has 0 unspecified atom stereocenters. The number of benzene rings is 2. The van der Waals surface area contributed by atoms with Gasteiger partial charge in [0.25, 0.3) is 0 Å². The normalized spacial score (nSPS) is 25.0. The maximum Gasteiger partial charge on any atom is 0.238 e. The van der Waals surface area contributed by atoms with Gasteiger partial charge in [0.1, 0.15) is 0 Å². The summed E-state index contributed by atoms with van der Waals surface area (Å²) >= 11 is 3.48. The maximum absolute atomic E-state index is 11.7. The Morgan fingerprint density at radius 1 is 1.12 bits per heavy atom. The average Bonchev–Trinajstić information content (AvgIpc) is 3.03. The second-order valence-corrected chi connectivity index (χ2v) is 8.80. The minimum absolute atomic E-state index is 0.171. The van der Waals surface area contributed by atoms with Crippen LogP contribution in [0.3, 0.4) is 0 Å². The van der Waals surface area contributed by atoms with Crippen molar-refractivity contribution in [2.24, 2.45) is 11.1 Å². The Morgan fingerprint density at radius 2 is 1.88 bits per heavy atom. The number of sulfonamides is 1. The number of rotatable bonds is 2. The van der Waals surface area contributed by atoms with Crippen molar-refractivity contribution in [1.82, 2.24) is 0 Å². The Morgan fingerprint density at radius 3 is 2.58 bits per heavy atom. The number of nitrogens with one attached hydrogen (secondary N) is 1. The van der Waals surface area contributed by atoms with E-state index in [2.05, 4.69) is 45.5 Å². The van der Waals surface area contributed by atoms with E-state index in [1.54, 1.807) is 12.1 Å². The van der Waals surface area contributed by atoms with Gasteiger partial charge in [0.05, 0.1) is 10.9 Å². The minimum atomic E-state index is -3.69. The summed E-state index contributed by atoms with van der Waals surface area (Å²) in [6, 6.07) is 13.7. The highest BCUT2D eigenvalue weighted by molar-refractivity contribution is 9.10. The first-order valence-corrected chi connectivity index (χ1v) is 10.1. The van der Waals surface area contributed by atoms with Crippen LogP contribution in [0.2, 0.25) is 0 Å². The summed E-state index contributed by atoms with van der Waals surface area (Å²) < 4.78 is 24.4. The van der Waals surface area contributed by atoms with Crippen LogP contribution in [-0.4, -0.2) is 8.42 Å². The number of hydrogen-bond donors (Lipinski definition) is 2. The van der Waals surface area contributed by atoms with Crippen LogP contribution in [0.25, 0.3) is 0 Å². The van der Waals surface area contributed by atoms with Gasteiger partial charge in [0, 0.05) is 16.1 Å². The van der Waals surface area contributed by atoms with Crippen LogP contribution < -0.4 is 10.5 Å². The molecule has 4 rings (SSSR count). The molecule has 3 N–H and O–H groups in total. The fourth-order valence-corrected chi connectivity index (χ4v) is 4.56. The molecule has 0 amide bonds. The summed E-state index contributed by atoms with van der Waals surface area (Å²) in [4.78, 5) is 0.171. The topological polar surface area (TPSA) is 72.2 Å². The average molecular weight is 405 g/mol. The predicted molar refractivity (Wildman–Crippen MR) is 98.3 cm³/mol. The van der Waals surface area contributed by atoms with Crippen molar-refractivity contribution in [3.05, 3.63) is 70.2 Å². The molecule has 1 aliphatic heterocycles. The zero-order valence-corrected chi connectivity index (χ0v) is 15.2. The molecule has 4 nitrogen and oxygen atoms in total. The molecule has 124 valence electrons. The van der Waals surface area contributed by atoms with Crippen LogP contribution in [0.4, 0.5) is 5.69 Å². The second-order valence-electron chi connectivity index (χ2n) is 6.32. The van der Waals surface area contributed by atoms with Crippen molar-refractivity contribution in [2.45, 2.75) is 23.3 Å². The number of hydrogen-bond acceptors (Lipinski definition) is 3. The second kappa shape index (κ2) is 5.72. The van der Waals surface area contributed by atoms with E-state index in [4.69, 9.17) is 5.14 Å². The first-order valence-electron chi connectivity index (χ1n) is 7.79. The number of primary sulfonamides is 1. The molecule has 0 bridgehead atoms. The molecule has 0 spiro atoms. The van der Waals surface area contributed by atoms with Crippen molar-refractivity contribution in [3.63, 3.8) is 0 Å². The SMILES string of the molecule is NS(=O)(=O)c1ccc2c(c1)[C@@H]1C=CC[C@H]1[C@@H](c1ccc(Br)cc1)N2. The molecule has 2 aliphatic rings. The fraction of sp³-hybridized carbons (Fsp3) is 0.222. The van der Waals surface area contributed by atoms with Crippen molar-refractivity contribution >= 4 is 31.6 Å². The van der Waals surface area contributed by atoms with E-state index in [0.29, 0.717) is 5.92 Å². The van der Waals surface area contributed by atoms with Crippen LogP contribution in [-0.2, 0) is 10.0 Å². The molecular formula is C18H17BrN2O2S. The van der Waals surface area contributed by atoms with Gasteiger partial charge in [-0.2, -0.15) is 0 Å². The standard InChI is InChI=1S/C18H17BrN2O2S/c19-12-6-4-11(5-7-12)18-15-3-1-2-14(15)16-10-13(24(20,22)23)8-9-17(16)21-18/h1-2,4-10,14-15,18,21H,3H2,(H2,20,22,23)/t14-,15-,18-/m1/s1. The third kappa shape index (κ3) is 2.68. The molecule has 0 radical (unpaired) electrons. The van der Waals surface area contributed by atoms with Gasteiger partial charge < -0.3 is 5.32 Å². The maximum atomic E-state index is 11.7. The monoisotopic (exact) mass is 404 g/mol. The third-order valence-electron chi connectivity index (χ3n) is 4.89. The van der Waals surface area contributed by atoms with E-state index in [0.717, 1.165) is 22.1 Å². The quantitative estimate of drug-likeness (QED) is 0.744. The van der Waals surface area contributed by atoms with E-state index in [-0.39, 0.29) is 16.9 Å². The zero-order chi connectivity index (χ0) is 16.9. The number of allylic oxidation sites excluding steroid dienone is 2. The zero-order valence-electron chi connectivity index (χ0n) is 12.8. The summed E-state index contributed by atoms with van der Waals surface area (Å²) in [5.74, 6) is 0.575. The Kier molecular flexibility index (Phi) is 3.78. The summed E-state index contributed by atoms with van der Waals surface area (Å²) in [7, 11) is -3.69. The third-order valence-corrected chi connectivity index (χ3v) is 6.33. The van der Waals surface area contributed by atoms with Gasteiger partial charge in [-0.05, 0) is 53.8 Å². The summed E-state index contributed by atoms with van der Waals surface area (Å²) in [6.45, 7) is 0. The van der Waals surface area contributed by atoms with Gasteiger partial charge in [0.2, 0.25) is 10.0 Å². The Balaban J connectivity index is 1.79. The number of nitrogens with two attached hydrogens (primary N) is 1. The highest BCUT2D eigenvalue weighted by Crippen LogP contribution is 2.50. The lowest BCUT2D eigenvalue weighted by Crippen LogP contribution is -2.29. The van der Waals surface area contributed by atoms with E-state index >= 15 is 0 Å². The molecule has 0 fully saturated rings. The molecular weight excluding hydrogens is 388 g/mol. The van der Waals surface area contributed by atoms with E-state index in [9.17, 15) is 8.42 Å². The largest absolute Gasteiger partial charge is 0.378 e. The molecule has 0 saturated carbocycles. The van der Waals surface area contributed by atoms with Crippen LogP contribution >= 0.6 is 15.9 Å².